The highest BCUT2D eigenvalue weighted by atomic mass is 16.5. The molecule has 0 aromatic heterocycles. The summed E-state index contributed by atoms with van der Waals surface area (Å²) in [6.45, 7) is 8.41. The lowest BCUT2D eigenvalue weighted by atomic mass is 9.95. The number of ether oxygens (including phenoxy) is 1. The molecule has 8 nitrogen and oxygen atoms in total. The third-order valence-electron chi connectivity index (χ3n) is 5.60. The number of carbonyl (C=O) groups excluding carboxylic acids is 3. The number of nitrogens with one attached hydrogen (secondary N) is 2. The Bertz CT molecular complexity index is 760. The van der Waals surface area contributed by atoms with Crippen LogP contribution in [0.1, 0.15) is 40.0 Å². The van der Waals surface area contributed by atoms with Crippen molar-refractivity contribution in [2.45, 2.75) is 51.6 Å². The lowest BCUT2D eigenvalue weighted by molar-refractivity contribution is -0.136. The molecule has 0 spiro atoms. The lowest BCUT2D eigenvalue weighted by Gasteiger charge is -2.29. The minimum absolute atomic E-state index is 0.346. The second-order valence-corrected chi connectivity index (χ2v) is 7.85. The topological polar surface area (TPSA) is 91.0 Å². The average molecular weight is 402 g/mol. The van der Waals surface area contributed by atoms with Crippen molar-refractivity contribution >= 4 is 29.2 Å². The zero-order valence-electron chi connectivity index (χ0n) is 17.4. The van der Waals surface area contributed by atoms with Crippen molar-refractivity contribution in [1.29, 1.82) is 0 Å². The van der Waals surface area contributed by atoms with Crippen molar-refractivity contribution in [3.8, 4) is 0 Å². The summed E-state index contributed by atoms with van der Waals surface area (Å²) in [5.74, 6) is -0.742. The summed E-state index contributed by atoms with van der Waals surface area (Å²) in [5.41, 5.74) is 0.751. The van der Waals surface area contributed by atoms with Crippen molar-refractivity contribution in [2.75, 3.05) is 36.5 Å². The summed E-state index contributed by atoms with van der Waals surface area (Å²) < 4.78 is 5.36. The monoisotopic (exact) mass is 402 g/mol. The van der Waals surface area contributed by atoms with Crippen LogP contribution in [0.5, 0.6) is 0 Å². The van der Waals surface area contributed by atoms with Crippen molar-refractivity contribution in [3.63, 3.8) is 0 Å². The van der Waals surface area contributed by atoms with Crippen LogP contribution < -0.4 is 15.5 Å². The van der Waals surface area contributed by atoms with Crippen LogP contribution in [0, 0.1) is 0 Å². The minimum atomic E-state index is -0.943. The number of imide groups is 1. The molecule has 0 bridgehead atoms. The molecule has 2 fully saturated rings. The fourth-order valence-electron chi connectivity index (χ4n) is 3.70. The van der Waals surface area contributed by atoms with E-state index < -0.39 is 23.5 Å². The number of hydrogen-bond acceptors (Lipinski definition) is 5. The minimum Gasteiger partial charge on any atom is -0.378 e. The van der Waals surface area contributed by atoms with E-state index in [2.05, 4.69) is 15.5 Å². The molecule has 2 heterocycles. The number of hydrogen-bond donors (Lipinski definition) is 2. The van der Waals surface area contributed by atoms with Gasteiger partial charge < -0.3 is 20.3 Å². The fraction of sp³-hybridized carbons (Fsp3) is 0.571. The van der Waals surface area contributed by atoms with Gasteiger partial charge >= 0.3 is 6.03 Å². The molecule has 0 radical (unpaired) electrons. The number of rotatable bonds is 7. The Morgan fingerprint density at radius 1 is 1.24 bits per heavy atom. The first-order valence-corrected chi connectivity index (χ1v) is 10.2. The molecule has 2 aliphatic rings. The zero-order chi connectivity index (χ0) is 21.0. The van der Waals surface area contributed by atoms with Gasteiger partial charge in [0, 0.05) is 24.5 Å². The number of nitrogens with zero attached hydrogens (tertiary/aromatic N) is 2. The van der Waals surface area contributed by atoms with Crippen LogP contribution in [0.3, 0.4) is 0 Å². The van der Waals surface area contributed by atoms with Crippen LogP contribution in [0.15, 0.2) is 24.3 Å². The van der Waals surface area contributed by atoms with Crippen LogP contribution in [-0.4, -0.2) is 60.6 Å². The summed E-state index contributed by atoms with van der Waals surface area (Å²) in [7, 11) is 0. The van der Waals surface area contributed by atoms with Crippen molar-refractivity contribution in [3.05, 3.63) is 24.3 Å². The highest BCUT2D eigenvalue weighted by molar-refractivity contribution is 6.11. The molecule has 1 aromatic carbocycles. The predicted octanol–water partition coefficient (Wildman–Crippen LogP) is 2.35. The van der Waals surface area contributed by atoms with Crippen molar-refractivity contribution < 1.29 is 19.1 Å². The molecule has 2 aliphatic heterocycles. The zero-order valence-corrected chi connectivity index (χ0v) is 17.4. The van der Waals surface area contributed by atoms with Crippen molar-refractivity contribution in [2.24, 2.45) is 0 Å². The van der Waals surface area contributed by atoms with Gasteiger partial charge in [0.05, 0.1) is 13.2 Å². The fourth-order valence-corrected chi connectivity index (χ4v) is 3.70. The first-order valence-electron chi connectivity index (χ1n) is 10.2. The van der Waals surface area contributed by atoms with Gasteiger partial charge in [-0.1, -0.05) is 19.8 Å². The maximum Gasteiger partial charge on any atom is 0.325 e. The summed E-state index contributed by atoms with van der Waals surface area (Å²) in [6.07, 6.45) is 2.31. The number of benzene rings is 1. The van der Waals surface area contributed by atoms with Gasteiger partial charge in [-0.3, -0.25) is 9.59 Å². The average Bonchev–Trinajstić information content (AvgIpc) is 2.95. The molecule has 2 atom stereocenters. The van der Waals surface area contributed by atoms with E-state index in [9.17, 15) is 14.4 Å². The molecule has 2 saturated heterocycles. The lowest BCUT2D eigenvalue weighted by Crippen LogP contribution is -2.48. The van der Waals surface area contributed by atoms with Crippen LogP contribution in [0.4, 0.5) is 16.2 Å². The van der Waals surface area contributed by atoms with Gasteiger partial charge in [0.25, 0.3) is 5.91 Å². The first kappa shape index (κ1) is 21.1. The Morgan fingerprint density at radius 3 is 2.52 bits per heavy atom. The van der Waals surface area contributed by atoms with Crippen LogP contribution in [0.2, 0.25) is 0 Å². The van der Waals surface area contributed by atoms with E-state index in [4.69, 9.17) is 4.74 Å². The molecule has 1 aromatic rings. The normalized spacial score (nSPS) is 23.1. The number of carbonyl (C=O) groups is 3. The van der Waals surface area contributed by atoms with E-state index in [1.165, 1.54) is 0 Å². The van der Waals surface area contributed by atoms with E-state index in [1.54, 1.807) is 13.8 Å². The number of urea groups is 1. The van der Waals surface area contributed by atoms with Crippen LogP contribution in [0.25, 0.3) is 0 Å². The van der Waals surface area contributed by atoms with Gasteiger partial charge in [-0.05, 0) is 44.5 Å². The number of unbranched alkanes of at least 4 members (excludes halogenated alkanes) is 1. The third kappa shape index (κ3) is 4.53. The van der Waals surface area contributed by atoms with Gasteiger partial charge in [-0.15, -0.1) is 0 Å². The summed E-state index contributed by atoms with van der Waals surface area (Å²) in [6, 6.07) is 6.13. The van der Waals surface area contributed by atoms with E-state index in [-0.39, 0.29) is 5.91 Å². The molecule has 0 unspecified atom stereocenters. The predicted molar refractivity (Wildman–Crippen MR) is 111 cm³/mol. The third-order valence-corrected chi connectivity index (χ3v) is 5.60. The van der Waals surface area contributed by atoms with Crippen molar-refractivity contribution in [1.82, 2.24) is 10.2 Å². The Morgan fingerprint density at radius 2 is 1.90 bits per heavy atom. The summed E-state index contributed by atoms with van der Waals surface area (Å²) in [4.78, 5) is 41.1. The summed E-state index contributed by atoms with van der Waals surface area (Å²) >= 11 is 0. The Kier molecular flexibility index (Phi) is 6.42. The van der Waals surface area contributed by atoms with E-state index >= 15 is 0 Å². The van der Waals surface area contributed by atoms with Gasteiger partial charge in [0.2, 0.25) is 5.91 Å². The first-order chi connectivity index (χ1) is 13.9. The maximum atomic E-state index is 12.8. The number of morpholine rings is 1. The molecule has 3 rings (SSSR count). The molecular formula is C21H30N4O4. The van der Waals surface area contributed by atoms with Gasteiger partial charge in [0.15, 0.2) is 0 Å². The Labute approximate surface area is 171 Å². The second-order valence-electron chi connectivity index (χ2n) is 7.85. The van der Waals surface area contributed by atoms with Crippen LogP contribution >= 0.6 is 0 Å². The van der Waals surface area contributed by atoms with Crippen LogP contribution in [-0.2, 0) is 14.3 Å². The smallest absolute Gasteiger partial charge is 0.325 e. The number of amides is 4. The Balaban J connectivity index is 1.63. The van der Waals surface area contributed by atoms with Gasteiger partial charge in [-0.2, -0.15) is 0 Å². The molecule has 8 heteroatoms. The largest absolute Gasteiger partial charge is 0.378 e. The quantitative estimate of drug-likeness (QED) is 0.683. The molecule has 29 heavy (non-hydrogen) atoms. The van der Waals surface area contributed by atoms with Gasteiger partial charge in [-0.25, -0.2) is 9.69 Å². The van der Waals surface area contributed by atoms with E-state index in [0.29, 0.717) is 25.3 Å². The SMILES string of the molecule is CCCC[C@@]1(C)NC(=O)N([C@H](C)C(=O)Nc2ccc(N3CCOCC3)cc2)C1=O. The highest BCUT2D eigenvalue weighted by Crippen LogP contribution is 2.26. The van der Waals surface area contributed by atoms with Gasteiger partial charge in [0.1, 0.15) is 11.6 Å². The molecule has 0 saturated carbocycles. The van der Waals surface area contributed by atoms with E-state index in [1.807, 2.05) is 31.2 Å². The maximum absolute atomic E-state index is 12.8. The highest BCUT2D eigenvalue weighted by Gasteiger charge is 2.50. The van der Waals surface area contributed by atoms with E-state index in [0.717, 1.165) is 36.5 Å². The summed E-state index contributed by atoms with van der Waals surface area (Å²) in [5, 5.41) is 5.55. The standard InChI is InChI=1S/C21H30N4O4/c1-4-5-10-21(3)19(27)25(20(28)23-21)15(2)18(26)22-16-6-8-17(9-7-16)24-11-13-29-14-12-24/h6-9,15H,4-5,10-14H2,1-3H3,(H,22,26)(H,23,28)/t15-,21-/m1/s1. The molecule has 0 aliphatic carbocycles. The molecule has 2 N–H and O–H groups in total. The Hall–Kier alpha value is -2.61. The second kappa shape index (κ2) is 8.82. The molecule has 4 amide bonds. The molecular weight excluding hydrogens is 372 g/mol. The number of anilines is 2. The molecule has 158 valence electrons.